The zero-order valence-corrected chi connectivity index (χ0v) is 9.41. The third-order valence-corrected chi connectivity index (χ3v) is 2.64. The van der Waals surface area contributed by atoms with Crippen LogP contribution in [0.3, 0.4) is 0 Å². The maximum absolute atomic E-state index is 3.39. The summed E-state index contributed by atoms with van der Waals surface area (Å²) >= 11 is 0. The van der Waals surface area contributed by atoms with E-state index in [9.17, 15) is 0 Å². The molecule has 0 aliphatic carbocycles. The lowest BCUT2D eigenvalue weighted by molar-refractivity contribution is 0.217. The summed E-state index contributed by atoms with van der Waals surface area (Å²) in [5.41, 5.74) is 0.476. The van der Waals surface area contributed by atoms with Crippen molar-refractivity contribution in [3.8, 4) is 0 Å². The van der Waals surface area contributed by atoms with Crippen molar-refractivity contribution in [2.24, 2.45) is 11.3 Å². The average molecular weight is 171 g/mol. The highest BCUT2D eigenvalue weighted by Crippen LogP contribution is 2.30. The standard InChI is InChI=1S/C11H25N/c1-6-10(11(3,4)5)8-9-12-7-2/h10,12H,6-9H2,1-5H3. The highest BCUT2D eigenvalue weighted by Gasteiger charge is 2.21. The lowest BCUT2D eigenvalue weighted by Gasteiger charge is -2.29. The fourth-order valence-corrected chi connectivity index (χ4v) is 1.70. The second-order valence-corrected chi connectivity index (χ2v) is 4.61. The van der Waals surface area contributed by atoms with Crippen LogP contribution in [0.4, 0.5) is 0 Å². The van der Waals surface area contributed by atoms with Crippen molar-refractivity contribution in [2.75, 3.05) is 13.1 Å². The molecular weight excluding hydrogens is 146 g/mol. The third kappa shape index (κ3) is 4.76. The summed E-state index contributed by atoms with van der Waals surface area (Å²) in [5, 5.41) is 3.39. The molecule has 0 aromatic rings. The van der Waals surface area contributed by atoms with Crippen molar-refractivity contribution < 1.29 is 0 Å². The molecule has 0 spiro atoms. The lowest BCUT2D eigenvalue weighted by atomic mass is 9.77. The van der Waals surface area contributed by atoms with E-state index in [-0.39, 0.29) is 0 Å². The van der Waals surface area contributed by atoms with Gasteiger partial charge in [-0.05, 0) is 30.8 Å². The molecular formula is C11H25N. The van der Waals surface area contributed by atoms with Crippen molar-refractivity contribution in [1.82, 2.24) is 5.32 Å². The molecule has 0 saturated carbocycles. The van der Waals surface area contributed by atoms with Gasteiger partial charge in [-0.1, -0.05) is 41.0 Å². The van der Waals surface area contributed by atoms with E-state index in [1.807, 2.05) is 0 Å². The van der Waals surface area contributed by atoms with Crippen LogP contribution in [0, 0.1) is 11.3 Å². The molecule has 1 unspecified atom stereocenters. The molecule has 0 fully saturated rings. The summed E-state index contributed by atoms with van der Waals surface area (Å²) < 4.78 is 0. The first-order valence-corrected chi connectivity index (χ1v) is 5.23. The number of hydrogen-bond acceptors (Lipinski definition) is 1. The van der Waals surface area contributed by atoms with Gasteiger partial charge in [0.1, 0.15) is 0 Å². The second-order valence-electron chi connectivity index (χ2n) is 4.61. The molecule has 12 heavy (non-hydrogen) atoms. The summed E-state index contributed by atoms with van der Waals surface area (Å²) in [7, 11) is 0. The molecule has 1 atom stereocenters. The van der Waals surface area contributed by atoms with Gasteiger partial charge in [0.15, 0.2) is 0 Å². The van der Waals surface area contributed by atoms with Crippen LogP contribution in [-0.2, 0) is 0 Å². The minimum atomic E-state index is 0.476. The first-order chi connectivity index (χ1) is 5.52. The van der Waals surface area contributed by atoms with Gasteiger partial charge in [0, 0.05) is 0 Å². The molecule has 0 bridgehead atoms. The van der Waals surface area contributed by atoms with Gasteiger partial charge in [-0.15, -0.1) is 0 Å². The van der Waals surface area contributed by atoms with E-state index in [2.05, 4.69) is 39.9 Å². The van der Waals surface area contributed by atoms with Crippen LogP contribution in [0.15, 0.2) is 0 Å². The zero-order valence-electron chi connectivity index (χ0n) is 9.41. The normalized spacial score (nSPS) is 14.8. The SMILES string of the molecule is CCNCCC(CC)C(C)(C)C. The molecule has 0 aromatic heterocycles. The van der Waals surface area contributed by atoms with E-state index in [0.717, 1.165) is 12.5 Å². The summed E-state index contributed by atoms with van der Waals surface area (Å²) in [6.07, 6.45) is 2.61. The van der Waals surface area contributed by atoms with Gasteiger partial charge in [0.25, 0.3) is 0 Å². The summed E-state index contributed by atoms with van der Waals surface area (Å²) in [6.45, 7) is 13.8. The van der Waals surface area contributed by atoms with Crippen LogP contribution in [0.1, 0.15) is 47.5 Å². The fraction of sp³-hybridized carbons (Fsp3) is 1.00. The predicted molar refractivity (Wildman–Crippen MR) is 56.4 cm³/mol. The Morgan fingerprint density at radius 1 is 1.17 bits per heavy atom. The summed E-state index contributed by atoms with van der Waals surface area (Å²) in [4.78, 5) is 0. The van der Waals surface area contributed by atoms with E-state index < -0.39 is 0 Å². The van der Waals surface area contributed by atoms with Gasteiger partial charge >= 0.3 is 0 Å². The quantitative estimate of drug-likeness (QED) is 0.627. The zero-order chi connectivity index (χ0) is 9.61. The first kappa shape index (κ1) is 12.0. The monoisotopic (exact) mass is 171 g/mol. The van der Waals surface area contributed by atoms with Crippen molar-refractivity contribution >= 4 is 0 Å². The molecule has 0 aliphatic heterocycles. The summed E-state index contributed by atoms with van der Waals surface area (Å²) in [6, 6.07) is 0. The van der Waals surface area contributed by atoms with Gasteiger partial charge in [-0.25, -0.2) is 0 Å². The van der Waals surface area contributed by atoms with E-state index in [0.29, 0.717) is 5.41 Å². The molecule has 0 heterocycles. The van der Waals surface area contributed by atoms with Crippen LogP contribution in [0.25, 0.3) is 0 Å². The maximum Gasteiger partial charge on any atom is -0.00462 e. The number of nitrogens with one attached hydrogen (secondary N) is 1. The van der Waals surface area contributed by atoms with E-state index >= 15 is 0 Å². The Balaban J connectivity index is 3.68. The van der Waals surface area contributed by atoms with Gasteiger partial charge in [-0.3, -0.25) is 0 Å². The molecule has 0 rings (SSSR count). The Hall–Kier alpha value is -0.0400. The molecule has 0 radical (unpaired) electrons. The van der Waals surface area contributed by atoms with Gasteiger partial charge < -0.3 is 5.32 Å². The third-order valence-electron chi connectivity index (χ3n) is 2.64. The molecule has 0 amide bonds. The largest absolute Gasteiger partial charge is 0.317 e. The number of hydrogen-bond donors (Lipinski definition) is 1. The molecule has 74 valence electrons. The van der Waals surface area contributed by atoms with Crippen LogP contribution in [0.2, 0.25) is 0 Å². The van der Waals surface area contributed by atoms with Crippen LogP contribution in [0.5, 0.6) is 0 Å². The van der Waals surface area contributed by atoms with Gasteiger partial charge in [0.05, 0.1) is 0 Å². The Labute approximate surface area is 77.9 Å². The Morgan fingerprint density at radius 2 is 1.75 bits per heavy atom. The molecule has 1 heteroatoms. The van der Waals surface area contributed by atoms with Crippen LogP contribution >= 0.6 is 0 Å². The van der Waals surface area contributed by atoms with Gasteiger partial charge in [-0.2, -0.15) is 0 Å². The van der Waals surface area contributed by atoms with Crippen molar-refractivity contribution in [1.29, 1.82) is 0 Å². The van der Waals surface area contributed by atoms with E-state index in [4.69, 9.17) is 0 Å². The maximum atomic E-state index is 3.39. The molecule has 0 saturated heterocycles. The molecule has 1 nitrogen and oxygen atoms in total. The van der Waals surface area contributed by atoms with Crippen LogP contribution < -0.4 is 5.32 Å². The Morgan fingerprint density at radius 3 is 2.08 bits per heavy atom. The minimum Gasteiger partial charge on any atom is -0.317 e. The average Bonchev–Trinajstić information content (AvgIpc) is 1.95. The highest BCUT2D eigenvalue weighted by atomic mass is 14.8. The van der Waals surface area contributed by atoms with Crippen molar-refractivity contribution in [3.63, 3.8) is 0 Å². The van der Waals surface area contributed by atoms with Crippen molar-refractivity contribution in [3.05, 3.63) is 0 Å². The Bertz CT molecular complexity index is 102. The van der Waals surface area contributed by atoms with E-state index in [1.54, 1.807) is 0 Å². The van der Waals surface area contributed by atoms with E-state index in [1.165, 1.54) is 19.4 Å². The summed E-state index contributed by atoms with van der Waals surface area (Å²) in [5.74, 6) is 0.858. The van der Waals surface area contributed by atoms with Crippen molar-refractivity contribution in [2.45, 2.75) is 47.5 Å². The first-order valence-electron chi connectivity index (χ1n) is 5.23. The predicted octanol–water partition coefficient (Wildman–Crippen LogP) is 3.06. The number of rotatable bonds is 5. The molecule has 0 aliphatic rings. The fourth-order valence-electron chi connectivity index (χ4n) is 1.70. The smallest absolute Gasteiger partial charge is 0.00462 e. The second kappa shape index (κ2) is 5.58. The lowest BCUT2D eigenvalue weighted by Crippen LogP contribution is -2.25. The minimum absolute atomic E-state index is 0.476. The molecule has 1 N–H and O–H groups in total. The topological polar surface area (TPSA) is 12.0 Å². The van der Waals surface area contributed by atoms with Crippen LogP contribution in [-0.4, -0.2) is 13.1 Å². The highest BCUT2D eigenvalue weighted by molar-refractivity contribution is 4.73. The Kier molecular flexibility index (Phi) is 5.56. The molecule has 0 aromatic carbocycles. The van der Waals surface area contributed by atoms with Gasteiger partial charge in [0.2, 0.25) is 0 Å².